The molecule has 0 aliphatic carbocycles. The van der Waals surface area contributed by atoms with Gasteiger partial charge < -0.3 is 10.4 Å². The minimum absolute atomic E-state index is 0.164. The first-order valence-electron chi connectivity index (χ1n) is 5.17. The first kappa shape index (κ1) is 14.2. The third-order valence-electron chi connectivity index (χ3n) is 2.23. The molecule has 0 aromatic carbocycles. The summed E-state index contributed by atoms with van der Waals surface area (Å²) in [5.41, 5.74) is -1.04. The molecule has 8 heteroatoms. The van der Waals surface area contributed by atoms with Crippen molar-refractivity contribution in [2.45, 2.75) is 19.5 Å². The van der Waals surface area contributed by atoms with Gasteiger partial charge in [0.25, 0.3) is 0 Å². The van der Waals surface area contributed by atoms with Gasteiger partial charge in [0.05, 0.1) is 5.92 Å². The maximum atomic E-state index is 12.3. The zero-order chi connectivity index (χ0) is 13.8. The fourth-order valence-electron chi connectivity index (χ4n) is 1.13. The van der Waals surface area contributed by atoms with E-state index in [0.717, 1.165) is 12.3 Å². The van der Waals surface area contributed by atoms with Crippen LogP contribution in [0.3, 0.4) is 0 Å². The molecule has 0 bridgehead atoms. The normalized spacial score (nSPS) is 13.1. The Balaban J connectivity index is 2.56. The molecule has 5 nitrogen and oxygen atoms in total. The number of nitrogens with one attached hydrogen (secondary N) is 1. The number of carboxylic acids is 1. The second-order valence-electron chi connectivity index (χ2n) is 3.72. The molecule has 0 spiro atoms. The number of aliphatic carboxylic acids is 1. The number of hydrogen-bond donors (Lipinski definition) is 2. The van der Waals surface area contributed by atoms with E-state index in [1.165, 1.54) is 6.92 Å². The van der Waals surface area contributed by atoms with Crippen molar-refractivity contribution in [3.63, 3.8) is 0 Å². The minimum atomic E-state index is -4.52. The highest BCUT2D eigenvalue weighted by Crippen LogP contribution is 2.27. The van der Waals surface area contributed by atoms with Crippen LogP contribution < -0.4 is 5.32 Å². The van der Waals surface area contributed by atoms with Gasteiger partial charge in [0.2, 0.25) is 5.95 Å². The topological polar surface area (TPSA) is 75.1 Å². The number of anilines is 1. The fourth-order valence-corrected chi connectivity index (χ4v) is 1.13. The molecule has 0 amide bonds. The van der Waals surface area contributed by atoms with Gasteiger partial charge in [0.1, 0.15) is 5.69 Å². The molecule has 0 aliphatic heterocycles. The Bertz CT molecular complexity index is 423. The lowest BCUT2D eigenvalue weighted by Crippen LogP contribution is -2.16. The molecule has 0 saturated carbocycles. The summed E-state index contributed by atoms with van der Waals surface area (Å²) in [7, 11) is 0. The highest BCUT2D eigenvalue weighted by molar-refractivity contribution is 5.69. The number of carbonyl (C=O) groups is 1. The van der Waals surface area contributed by atoms with Crippen molar-refractivity contribution in [1.29, 1.82) is 0 Å². The van der Waals surface area contributed by atoms with E-state index in [4.69, 9.17) is 5.11 Å². The Labute approximate surface area is 101 Å². The Morgan fingerprint density at radius 2 is 2.22 bits per heavy atom. The summed E-state index contributed by atoms with van der Waals surface area (Å²) in [6.45, 7) is 1.70. The van der Waals surface area contributed by atoms with Crippen molar-refractivity contribution >= 4 is 11.9 Å². The lowest BCUT2D eigenvalue weighted by Gasteiger charge is -2.09. The number of carboxylic acid groups (broad SMARTS) is 1. The number of alkyl halides is 3. The van der Waals surface area contributed by atoms with Crippen LogP contribution in [0.4, 0.5) is 19.1 Å². The number of aromatic nitrogens is 2. The summed E-state index contributed by atoms with van der Waals surface area (Å²) in [6.07, 6.45) is -3.25. The van der Waals surface area contributed by atoms with Crippen molar-refractivity contribution in [1.82, 2.24) is 9.97 Å². The van der Waals surface area contributed by atoms with Gasteiger partial charge in [-0.1, -0.05) is 6.92 Å². The van der Waals surface area contributed by atoms with Gasteiger partial charge in [0, 0.05) is 12.7 Å². The first-order valence-corrected chi connectivity index (χ1v) is 5.17. The zero-order valence-corrected chi connectivity index (χ0v) is 9.53. The van der Waals surface area contributed by atoms with E-state index in [-0.39, 0.29) is 18.9 Å². The molecule has 2 N–H and O–H groups in total. The lowest BCUT2D eigenvalue weighted by molar-refractivity contribution is -0.141. The van der Waals surface area contributed by atoms with E-state index < -0.39 is 23.8 Å². The molecule has 0 radical (unpaired) electrons. The Morgan fingerprint density at radius 1 is 1.56 bits per heavy atom. The van der Waals surface area contributed by atoms with Gasteiger partial charge in [-0.2, -0.15) is 13.2 Å². The van der Waals surface area contributed by atoms with Crippen LogP contribution in [0.2, 0.25) is 0 Å². The van der Waals surface area contributed by atoms with Crippen LogP contribution in [0.15, 0.2) is 12.3 Å². The number of hydrogen-bond acceptors (Lipinski definition) is 4. The van der Waals surface area contributed by atoms with Crippen molar-refractivity contribution in [3.05, 3.63) is 18.0 Å². The molecule has 1 atom stereocenters. The van der Waals surface area contributed by atoms with Crippen LogP contribution >= 0.6 is 0 Å². The Hall–Kier alpha value is -1.86. The van der Waals surface area contributed by atoms with Crippen molar-refractivity contribution in [3.8, 4) is 0 Å². The summed E-state index contributed by atoms with van der Waals surface area (Å²) >= 11 is 0. The number of rotatable bonds is 5. The first-order chi connectivity index (χ1) is 8.30. The van der Waals surface area contributed by atoms with Gasteiger partial charge in [-0.3, -0.25) is 4.79 Å². The zero-order valence-electron chi connectivity index (χ0n) is 9.53. The molecule has 0 saturated heterocycles. The van der Waals surface area contributed by atoms with E-state index in [1.54, 1.807) is 0 Å². The highest BCUT2D eigenvalue weighted by Gasteiger charge is 2.32. The van der Waals surface area contributed by atoms with Gasteiger partial charge in [-0.15, -0.1) is 0 Å². The highest BCUT2D eigenvalue weighted by atomic mass is 19.4. The molecule has 18 heavy (non-hydrogen) atoms. The molecule has 1 rings (SSSR count). The van der Waals surface area contributed by atoms with Crippen LogP contribution in [0.5, 0.6) is 0 Å². The molecular weight excluding hydrogens is 251 g/mol. The third-order valence-corrected chi connectivity index (χ3v) is 2.23. The SMILES string of the molecule is CC(CCNc1nccc(C(F)(F)F)n1)C(=O)O. The largest absolute Gasteiger partial charge is 0.481 e. The minimum Gasteiger partial charge on any atom is -0.481 e. The lowest BCUT2D eigenvalue weighted by atomic mass is 10.1. The maximum Gasteiger partial charge on any atom is 0.433 e. The van der Waals surface area contributed by atoms with Crippen LogP contribution in [0.1, 0.15) is 19.0 Å². The summed E-state index contributed by atoms with van der Waals surface area (Å²) in [5, 5.41) is 11.2. The van der Waals surface area contributed by atoms with E-state index in [9.17, 15) is 18.0 Å². The average Bonchev–Trinajstić information content (AvgIpc) is 2.28. The predicted molar refractivity (Wildman–Crippen MR) is 56.9 cm³/mol. The van der Waals surface area contributed by atoms with Crippen LogP contribution in [0.25, 0.3) is 0 Å². The molecular formula is C10H12F3N3O2. The predicted octanol–water partition coefficient (Wildman–Crippen LogP) is 2.02. The second-order valence-corrected chi connectivity index (χ2v) is 3.72. The molecule has 1 heterocycles. The Morgan fingerprint density at radius 3 is 2.78 bits per heavy atom. The van der Waals surface area contributed by atoms with Gasteiger partial charge in [-0.05, 0) is 12.5 Å². The monoisotopic (exact) mass is 263 g/mol. The molecule has 0 aliphatic rings. The van der Waals surface area contributed by atoms with Gasteiger partial charge >= 0.3 is 12.1 Å². The quantitative estimate of drug-likeness (QED) is 0.850. The average molecular weight is 263 g/mol. The van der Waals surface area contributed by atoms with Crippen LogP contribution in [-0.2, 0) is 11.0 Å². The van der Waals surface area contributed by atoms with E-state index in [0.29, 0.717) is 0 Å². The second kappa shape index (κ2) is 5.65. The van der Waals surface area contributed by atoms with Crippen molar-refractivity contribution < 1.29 is 23.1 Å². The third kappa shape index (κ3) is 4.19. The van der Waals surface area contributed by atoms with Crippen LogP contribution in [0, 0.1) is 5.92 Å². The summed E-state index contributed by atoms with van der Waals surface area (Å²) < 4.78 is 37.0. The number of nitrogens with zero attached hydrogens (tertiary/aromatic N) is 2. The standard InChI is InChI=1S/C10H12F3N3O2/c1-6(8(17)18)2-4-14-9-15-5-3-7(16-9)10(11,12)13/h3,5-6H,2,4H2,1H3,(H,17,18)(H,14,15,16). The summed E-state index contributed by atoms with van der Waals surface area (Å²) in [6, 6.07) is 0.769. The molecule has 100 valence electrons. The molecule has 1 aromatic rings. The molecule has 1 unspecified atom stereocenters. The molecule has 1 aromatic heterocycles. The van der Waals surface area contributed by atoms with Crippen LogP contribution in [-0.4, -0.2) is 27.6 Å². The number of halogens is 3. The Kier molecular flexibility index (Phi) is 4.46. The van der Waals surface area contributed by atoms with E-state index >= 15 is 0 Å². The van der Waals surface area contributed by atoms with Crippen molar-refractivity contribution in [2.24, 2.45) is 5.92 Å². The summed E-state index contributed by atoms with van der Waals surface area (Å²) in [5.74, 6) is -1.70. The maximum absolute atomic E-state index is 12.3. The fraction of sp³-hybridized carbons (Fsp3) is 0.500. The van der Waals surface area contributed by atoms with Gasteiger partial charge in [-0.25, -0.2) is 9.97 Å². The molecule has 0 fully saturated rings. The van der Waals surface area contributed by atoms with E-state index in [2.05, 4.69) is 15.3 Å². The van der Waals surface area contributed by atoms with E-state index in [1.807, 2.05) is 0 Å². The van der Waals surface area contributed by atoms with Gasteiger partial charge in [0.15, 0.2) is 0 Å². The smallest absolute Gasteiger partial charge is 0.433 e. The summed E-state index contributed by atoms with van der Waals surface area (Å²) in [4.78, 5) is 17.4. The van der Waals surface area contributed by atoms with Crippen molar-refractivity contribution in [2.75, 3.05) is 11.9 Å².